The SMILES string of the molecule is FC(F)(F)c1cc(-c2ccc3cc(-c4ccc(-c5ccc6oc7ncccc7c6c5)cc4)cnc3c2)cc(C(F)(F)F)c1. The molecule has 0 bridgehead atoms. The second-order valence-electron chi connectivity index (χ2n) is 10.2. The monoisotopic (exact) mass is 584 g/mol. The van der Waals surface area contributed by atoms with E-state index in [0.717, 1.165) is 50.7 Å². The molecule has 3 heterocycles. The fourth-order valence-electron chi connectivity index (χ4n) is 5.23. The Morgan fingerprint density at radius 2 is 1.14 bits per heavy atom. The minimum absolute atomic E-state index is 0.121. The van der Waals surface area contributed by atoms with Crippen molar-refractivity contribution in [1.82, 2.24) is 9.97 Å². The molecule has 4 aromatic carbocycles. The van der Waals surface area contributed by atoms with Crippen LogP contribution in [0.2, 0.25) is 0 Å². The molecule has 7 rings (SSSR count). The molecule has 43 heavy (non-hydrogen) atoms. The Morgan fingerprint density at radius 3 is 1.84 bits per heavy atom. The molecule has 0 spiro atoms. The van der Waals surface area contributed by atoms with Gasteiger partial charge in [-0.1, -0.05) is 42.5 Å². The fourth-order valence-corrected chi connectivity index (χ4v) is 5.23. The first kappa shape index (κ1) is 26.7. The van der Waals surface area contributed by atoms with E-state index in [1.807, 2.05) is 54.6 Å². The maximum atomic E-state index is 13.4. The van der Waals surface area contributed by atoms with Gasteiger partial charge in [-0.05, 0) is 82.4 Å². The molecule has 9 heteroatoms. The molecule has 0 unspecified atom stereocenters. The van der Waals surface area contributed by atoms with E-state index in [-0.39, 0.29) is 17.2 Å². The smallest absolute Gasteiger partial charge is 0.416 e. The van der Waals surface area contributed by atoms with E-state index in [9.17, 15) is 26.3 Å². The van der Waals surface area contributed by atoms with Crippen LogP contribution in [-0.4, -0.2) is 9.97 Å². The number of alkyl halides is 6. The summed E-state index contributed by atoms with van der Waals surface area (Å²) in [5, 5.41) is 2.61. The largest absolute Gasteiger partial charge is 0.438 e. The highest BCUT2D eigenvalue weighted by Gasteiger charge is 2.37. The van der Waals surface area contributed by atoms with E-state index < -0.39 is 23.5 Å². The molecule has 0 amide bonds. The molecule has 3 nitrogen and oxygen atoms in total. The molecule has 0 fully saturated rings. The highest BCUT2D eigenvalue weighted by molar-refractivity contribution is 6.05. The van der Waals surface area contributed by atoms with Gasteiger partial charge in [0.25, 0.3) is 0 Å². The van der Waals surface area contributed by atoms with Crippen LogP contribution in [0.4, 0.5) is 26.3 Å². The second kappa shape index (κ2) is 9.69. The van der Waals surface area contributed by atoms with Crippen molar-refractivity contribution >= 4 is 33.0 Å². The first-order valence-electron chi connectivity index (χ1n) is 13.1. The zero-order valence-corrected chi connectivity index (χ0v) is 22.0. The average Bonchev–Trinajstić information content (AvgIpc) is 3.37. The molecule has 0 aliphatic rings. The van der Waals surface area contributed by atoms with E-state index in [1.165, 1.54) is 12.1 Å². The summed E-state index contributed by atoms with van der Waals surface area (Å²) in [4.78, 5) is 8.74. The Balaban J connectivity index is 1.20. The van der Waals surface area contributed by atoms with Gasteiger partial charge in [0.05, 0.1) is 16.6 Å². The molecule has 0 aliphatic heterocycles. The van der Waals surface area contributed by atoms with Gasteiger partial charge in [-0.25, -0.2) is 4.98 Å². The van der Waals surface area contributed by atoms with Crippen LogP contribution in [0.5, 0.6) is 0 Å². The first-order chi connectivity index (χ1) is 20.5. The Hall–Kier alpha value is -5.18. The molecule has 0 aliphatic carbocycles. The summed E-state index contributed by atoms with van der Waals surface area (Å²) in [5.41, 5.74) is 2.80. The van der Waals surface area contributed by atoms with Crippen LogP contribution in [-0.2, 0) is 12.4 Å². The minimum atomic E-state index is -4.92. The number of hydrogen-bond acceptors (Lipinski definition) is 3. The Bertz CT molecular complexity index is 2130. The summed E-state index contributed by atoms with van der Waals surface area (Å²) in [6, 6.07) is 25.8. The van der Waals surface area contributed by atoms with Gasteiger partial charge in [0.15, 0.2) is 0 Å². The highest BCUT2D eigenvalue weighted by atomic mass is 19.4. The van der Waals surface area contributed by atoms with Gasteiger partial charge in [-0.15, -0.1) is 0 Å². The number of fused-ring (bicyclic) bond motifs is 4. The van der Waals surface area contributed by atoms with Crippen molar-refractivity contribution in [2.45, 2.75) is 12.4 Å². The lowest BCUT2D eigenvalue weighted by Gasteiger charge is -2.14. The van der Waals surface area contributed by atoms with E-state index in [4.69, 9.17) is 4.42 Å². The Morgan fingerprint density at radius 1 is 0.512 bits per heavy atom. The number of aromatic nitrogens is 2. The summed E-state index contributed by atoms with van der Waals surface area (Å²) in [7, 11) is 0. The van der Waals surface area contributed by atoms with E-state index in [2.05, 4.69) is 16.0 Å². The number of rotatable bonds is 3. The van der Waals surface area contributed by atoms with Crippen molar-refractivity contribution in [2.24, 2.45) is 0 Å². The number of nitrogens with zero attached hydrogens (tertiary/aromatic N) is 2. The number of furan rings is 1. The van der Waals surface area contributed by atoms with Crippen molar-refractivity contribution < 1.29 is 30.8 Å². The lowest BCUT2D eigenvalue weighted by Crippen LogP contribution is -2.11. The lowest BCUT2D eigenvalue weighted by atomic mass is 9.97. The van der Waals surface area contributed by atoms with Gasteiger partial charge in [0.1, 0.15) is 5.58 Å². The molecule has 7 aromatic rings. The standard InChI is InChI=1S/C34H18F6N2O/c35-33(36,37)26-13-24(14-27(17-26)34(38,39)40)22-7-8-23-12-25(18-42-30(23)16-22)20-5-3-19(4-6-20)21-9-10-31-29(15-21)28-2-1-11-41-32(28)43-31/h1-18H. The fraction of sp³-hybridized carbons (Fsp3) is 0.0588. The Labute approximate surface area is 240 Å². The van der Waals surface area contributed by atoms with Crippen molar-refractivity contribution in [3.05, 3.63) is 121 Å². The molecular weight excluding hydrogens is 566 g/mol. The van der Waals surface area contributed by atoms with Gasteiger partial charge in [-0.3, -0.25) is 4.98 Å². The molecular formula is C34H18F6N2O. The van der Waals surface area contributed by atoms with Crippen molar-refractivity contribution in [3.63, 3.8) is 0 Å². The first-order valence-corrected chi connectivity index (χ1v) is 13.1. The van der Waals surface area contributed by atoms with Crippen LogP contribution in [0.15, 0.2) is 114 Å². The third-order valence-electron chi connectivity index (χ3n) is 7.40. The third-order valence-corrected chi connectivity index (χ3v) is 7.40. The maximum absolute atomic E-state index is 13.4. The topological polar surface area (TPSA) is 38.9 Å². The Kier molecular flexibility index (Phi) is 6.02. The molecule has 0 saturated carbocycles. The van der Waals surface area contributed by atoms with E-state index in [1.54, 1.807) is 18.5 Å². The predicted molar refractivity (Wildman–Crippen MR) is 153 cm³/mol. The van der Waals surface area contributed by atoms with Gasteiger partial charge in [0.2, 0.25) is 5.71 Å². The summed E-state index contributed by atoms with van der Waals surface area (Å²) in [6.07, 6.45) is -6.53. The quantitative estimate of drug-likeness (QED) is 0.194. The van der Waals surface area contributed by atoms with Gasteiger partial charge in [0, 0.05) is 34.1 Å². The number of halogens is 6. The predicted octanol–water partition coefficient (Wildman–Crippen LogP) is 10.6. The summed E-state index contributed by atoms with van der Waals surface area (Å²) < 4.78 is 85.9. The van der Waals surface area contributed by atoms with Crippen molar-refractivity contribution in [3.8, 4) is 33.4 Å². The van der Waals surface area contributed by atoms with Crippen LogP contribution in [0, 0.1) is 0 Å². The maximum Gasteiger partial charge on any atom is 0.416 e. The van der Waals surface area contributed by atoms with Crippen LogP contribution >= 0.6 is 0 Å². The number of pyridine rings is 2. The van der Waals surface area contributed by atoms with Crippen molar-refractivity contribution in [2.75, 3.05) is 0 Å². The van der Waals surface area contributed by atoms with Gasteiger partial charge >= 0.3 is 12.4 Å². The number of benzene rings is 4. The van der Waals surface area contributed by atoms with Crippen LogP contribution in [0.3, 0.4) is 0 Å². The van der Waals surface area contributed by atoms with E-state index >= 15 is 0 Å². The minimum Gasteiger partial charge on any atom is -0.438 e. The molecule has 0 N–H and O–H groups in total. The summed E-state index contributed by atoms with van der Waals surface area (Å²) >= 11 is 0. The van der Waals surface area contributed by atoms with E-state index in [0.29, 0.717) is 16.6 Å². The molecule has 0 atom stereocenters. The van der Waals surface area contributed by atoms with Crippen molar-refractivity contribution in [1.29, 1.82) is 0 Å². The molecule has 0 radical (unpaired) electrons. The normalized spacial score (nSPS) is 12.4. The summed E-state index contributed by atoms with van der Waals surface area (Å²) in [6.45, 7) is 0. The van der Waals surface area contributed by atoms with Crippen LogP contribution in [0.1, 0.15) is 11.1 Å². The molecule has 0 saturated heterocycles. The average molecular weight is 585 g/mol. The van der Waals surface area contributed by atoms with Gasteiger partial charge < -0.3 is 4.42 Å². The van der Waals surface area contributed by atoms with Crippen LogP contribution in [0.25, 0.3) is 66.4 Å². The summed E-state index contributed by atoms with van der Waals surface area (Å²) in [5.74, 6) is 0. The molecule has 3 aromatic heterocycles. The highest BCUT2D eigenvalue weighted by Crippen LogP contribution is 2.39. The number of hydrogen-bond donors (Lipinski definition) is 0. The lowest BCUT2D eigenvalue weighted by molar-refractivity contribution is -0.143. The van der Waals surface area contributed by atoms with Gasteiger partial charge in [-0.2, -0.15) is 26.3 Å². The zero-order valence-electron chi connectivity index (χ0n) is 22.0. The molecule has 212 valence electrons. The third kappa shape index (κ3) is 4.97. The van der Waals surface area contributed by atoms with Crippen LogP contribution < -0.4 is 0 Å². The second-order valence-corrected chi connectivity index (χ2v) is 10.2. The zero-order chi connectivity index (χ0) is 29.9.